The third kappa shape index (κ3) is 4.37. The standard InChI is InChI=1S/C18H29ClN2/c1-3-7-17-8-5-6-11-21(17)18-10-9-15(19)12-14(18)13-16(20)4-2/h9-10,12,16-17H,3-8,11,13,20H2,1-2H3. The first kappa shape index (κ1) is 16.6. The lowest BCUT2D eigenvalue weighted by atomic mass is 9.95. The van der Waals surface area contributed by atoms with Gasteiger partial charge >= 0.3 is 0 Å². The van der Waals surface area contributed by atoms with Gasteiger partial charge in [-0.05, 0) is 62.3 Å². The first-order valence-electron chi connectivity index (χ1n) is 8.46. The molecule has 21 heavy (non-hydrogen) atoms. The second-order valence-corrected chi connectivity index (χ2v) is 6.71. The van der Waals surface area contributed by atoms with Gasteiger partial charge < -0.3 is 10.6 Å². The van der Waals surface area contributed by atoms with Crippen LogP contribution in [0, 0.1) is 0 Å². The van der Waals surface area contributed by atoms with Crippen molar-refractivity contribution in [1.29, 1.82) is 0 Å². The number of nitrogens with zero attached hydrogens (tertiary/aromatic N) is 1. The van der Waals surface area contributed by atoms with Gasteiger partial charge in [0.25, 0.3) is 0 Å². The molecular weight excluding hydrogens is 280 g/mol. The highest BCUT2D eigenvalue weighted by Gasteiger charge is 2.24. The van der Waals surface area contributed by atoms with E-state index in [0.29, 0.717) is 6.04 Å². The molecule has 0 radical (unpaired) electrons. The molecule has 2 N–H and O–H groups in total. The SMILES string of the molecule is CCCC1CCCCN1c1ccc(Cl)cc1CC(N)CC. The molecule has 2 atom stereocenters. The van der Waals surface area contributed by atoms with Crippen LogP contribution in [0.25, 0.3) is 0 Å². The smallest absolute Gasteiger partial charge is 0.0410 e. The Hall–Kier alpha value is -0.730. The summed E-state index contributed by atoms with van der Waals surface area (Å²) in [5.74, 6) is 0. The Morgan fingerprint density at radius 1 is 1.33 bits per heavy atom. The maximum atomic E-state index is 6.22. The summed E-state index contributed by atoms with van der Waals surface area (Å²) in [6, 6.07) is 7.24. The van der Waals surface area contributed by atoms with Gasteiger partial charge in [0.2, 0.25) is 0 Å². The minimum Gasteiger partial charge on any atom is -0.368 e. The number of benzene rings is 1. The van der Waals surface area contributed by atoms with Crippen molar-refractivity contribution < 1.29 is 0 Å². The zero-order chi connectivity index (χ0) is 15.2. The molecule has 0 saturated carbocycles. The maximum absolute atomic E-state index is 6.22. The molecule has 1 fully saturated rings. The first-order valence-corrected chi connectivity index (χ1v) is 8.84. The van der Waals surface area contributed by atoms with E-state index in [2.05, 4.69) is 30.9 Å². The number of rotatable bonds is 6. The summed E-state index contributed by atoms with van der Waals surface area (Å²) in [7, 11) is 0. The lowest BCUT2D eigenvalue weighted by molar-refractivity contribution is 0.433. The van der Waals surface area contributed by atoms with Crippen molar-refractivity contribution in [3.63, 3.8) is 0 Å². The maximum Gasteiger partial charge on any atom is 0.0410 e. The molecule has 118 valence electrons. The highest BCUT2D eigenvalue weighted by molar-refractivity contribution is 6.30. The average Bonchev–Trinajstić information content (AvgIpc) is 2.48. The predicted octanol–water partition coefficient (Wildman–Crippen LogP) is 4.78. The molecule has 1 aromatic carbocycles. The van der Waals surface area contributed by atoms with Crippen molar-refractivity contribution >= 4 is 17.3 Å². The normalized spacial score (nSPS) is 20.6. The van der Waals surface area contributed by atoms with Crippen molar-refractivity contribution in [2.24, 2.45) is 5.73 Å². The summed E-state index contributed by atoms with van der Waals surface area (Å²) in [5.41, 5.74) is 8.87. The number of anilines is 1. The van der Waals surface area contributed by atoms with Gasteiger partial charge in [0.05, 0.1) is 0 Å². The van der Waals surface area contributed by atoms with E-state index in [-0.39, 0.29) is 6.04 Å². The molecule has 0 bridgehead atoms. The molecule has 2 nitrogen and oxygen atoms in total. The molecule has 1 aliphatic heterocycles. The second-order valence-electron chi connectivity index (χ2n) is 6.28. The van der Waals surface area contributed by atoms with E-state index in [1.807, 2.05) is 6.07 Å². The van der Waals surface area contributed by atoms with Crippen molar-refractivity contribution in [2.75, 3.05) is 11.4 Å². The van der Waals surface area contributed by atoms with E-state index < -0.39 is 0 Å². The van der Waals surface area contributed by atoms with Crippen LogP contribution in [0.3, 0.4) is 0 Å². The molecule has 1 saturated heterocycles. The summed E-state index contributed by atoms with van der Waals surface area (Å²) in [5, 5.41) is 0.820. The Balaban J connectivity index is 2.27. The lowest BCUT2D eigenvalue weighted by Crippen LogP contribution is -2.40. The van der Waals surface area contributed by atoms with Crippen LogP contribution in [0.4, 0.5) is 5.69 Å². The zero-order valence-electron chi connectivity index (χ0n) is 13.4. The van der Waals surface area contributed by atoms with E-state index in [1.54, 1.807) is 0 Å². The van der Waals surface area contributed by atoms with Crippen LogP contribution < -0.4 is 10.6 Å². The summed E-state index contributed by atoms with van der Waals surface area (Å²) in [6.45, 7) is 5.60. The predicted molar refractivity (Wildman–Crippen MR) is 93.3 cm³/mol. The minimum atomic E-state index is 0.219. The number of halogens is 1. The molecule has 1 aromatic rings. The lowest BCUT2D eigenvalue weighted by Gasteiger charge is -2.39. The molecule has 3 heteroatoms. The van der Waals surface area contributed by atoms with Gasteiger partial charge in [-0.2, -0.15) is 0 Å². The molecule has 1 heterocycles. The van der Waals surface area contributed by atoms with Crippen LogP contribution >= 0.6 is 11.6 Å². The molecule has 0 spiro atoms. The fourth-order valence-corrected chi connectivity index (χ4v) is 3.57. The van der Waals surface area contributed by atoms with Crippen LogP contribution in [0.2, 0.25) is 5.02 Å². The number of hydrogen-bond acceptors (Lipinski definition) is 2. The van der Waals surface area contributed by atoms with Crippen LogP contribution in [-0.4, -0.2) is 18.6 Å². The van der Waals surface area contributed by atoms with Gasteiger partial charge in [-0.3, -0.25) is 0 Å². The van der Waals surface area contributed by atoms with Crippen LogP contribution in [0.15, 0.2) is 18.2 Å². The largest absolute Gasteiger partial charge is 0.368 e. The van der Waals surface area contributed by atoms with Crippen LogP contribution in [0.1, 0.15) is 57.9 Å². The molecule has 2 rings (SSSR count). The highest BCUT2D eigenvalue weighted by Crippen LogP contribution is 2.32. The summed E-state index contributed by atoms with van der Waals surface area (Å²) >= 11 is 6.22. The third-order valence-electron chi connectivity index (χ3n) is 4.61. The van der Waals surface area contributed by atoms with Crippen LogP contribution in [0.5, 0.6) is 0 Å². The minimum absolute atomic E-state index is 0.219. The molecule has 2 unspecified atom stereocenters. The Bertz CT molecular complexity index is 445. The quantitative estimate of drug-likeness (QED) is 0.819. The van der Waals surface area contributed by atoms with Gasteiger partial charge in [-0.15, -0.1) is 0 Å². The number of hydrogen-bond donors (Lipinski definition) is 1. The monoisotopic (exact) mass is 308 g/mol. The van der Waals surface area contributed by atoms with Crippen molar-refractivity contribution in [3.05, 3.63) is 28.8 Å². The Labute approximate surface area is 134 Å². The van der Waals surface area contributed by atoms with Crippen molar-refractivity contribution in [3.8, 4) is 0 Å². The molecule has 0 aromatic heterocycles. The summed E-state index contributed by atoms with van der Waals surface area (Å²) < 4.78 is 0. The van der Waals surface area contributed by atoms with Crippen molar-refractivity contribution in [2.45, 2.75) is 70.9 Å². The Morgan fingerprint density at radius 2 is 2.14 bits per heavy atom. The highest BCUT2D eigenvalue weighted by atomic mass is 35.5. The van der Waals surface area contributed by atoms with E-state index >= 15 is 0 Å². The fraction of sp³-hybridized carbons (Fsp3) is 0.667. The van der Waals surface area contributed by atoms with Gasteiger partial charge in [0.1, 0.15) is 0 Å². The topological polar surface area (TPSA) is 29.3 Å². The number of piperidine rings is 1. The van der Waals surface area contributed by atoms with Crippen molar-refractivity contribution in [1.82, 2.24) is 0 Å². The summed E-state index contributed by atoms with van der Waals surface area (Å²) in [4.78, 5) is 2.61. The first-order chi connectivity index (χ1) is 10.2. The average molecular weight is 309 g/mol. The molecule has 0 aliphatic carbocycles. The summed E-state index contributed by atoms with van der Waals surface area (Å²) in [6.07, 6.45) is 8.42. The van der Waals surface area contributed by atoms with E-state index in [4.69, 9.17) is 17.3 Å². The second kappa shape index (κ2) is 8.05. The van der Waals surface area contributed by atoms with E-state index in [0.717, 1.165) is 17.9 Å². The van der Waals surface area contributed by atoms with Gasteiger partial charge in [-0.25, -0.2) is 0 Å². The Kier molecular flexibility index (Phi) is 6.38. The van der Waals surface area contributed by atoms with Crippen LogP contribution in [-0.2, 0) is 6.42 Å². The number of nitrogens with two attached hydrogens (primary N) is 1. The van der Waals surface area contributed by atoms with Gasteiger partial charge in [0.15, 0.2) is 0 Å². The molecule has 0 amide bonds. The molecular formula is C18H29ClN2. The van der Waals surface area contributed by atoms with E-state index in [9.17, 15) is 0 Å². The van der Waals surface area contributed by atoms with Gasteiger partial charge in [-0.1, -0.05) is 31.9 Å². The fourth-order valence-electron chi connectivity index (χ4n) is 3.38. The third-order valence-corrected chi connectivity index (χ3v) is 4.84. The van der Waals surface area contributed by atoms with E-state index in [1.165, 1.54) is 49.9 Å². The van der Waals surface area contributed by atoms with Gasteiger partial charge in [0, 0.05) is 29.3 Å². The Morgan fingerprint density at radius 3 is 2.86 bits per heavy atom. The zero-order valence-corrected chi connectivity index (χ0v) is 14.2. The molecule has 1 aliphatic rings.